The average molecular weight is 434 g/mol. The minimum Gasteiger partial charge on any atom is -0.369 e. The van der Waals surface area contributed by atoms with Gasteiger partial charge in [-0.25, -0.2) is 14.8 Å². The molecule has 0 spiro atoms. The fourth-order valence-electron chi connectivity index (χ4n) is 4.07. The van der Waals surface area contributed by atoms with Crippen LogP contribution < -0.4 is 20.0 Å². The Hall–Kier alpha value is -3.04. The molecule has 1 fully saturated rings. The Bertz CT molecular complexity index is 923. The molecule has 2 aliphatic rings. The highest BCUT2D eigenvalue weighted by molar-refractivity contribution is 6.02. The van der Waals surface area contributed by atoms with Crippen molar-refractivity contribution in [2.75, 3.05) is 52.7 Å². The lowest BCUT2D eigenvalue weighted by Crippen LogP contribution is -2.36. The van der Waals surface area contributed by atoms with Crippen molar-refractivity contribution in [3.05, 3.63) is 36.5 Å². The highest BCUT2D eigenvalue weighted by Gasteiger charge is 2.44. The molecule has 0 bridgehead atoms. The van der Waals surface area contributed by atoms with Crippen molar-refractivity contribution in [3.63, 3.8) is 0 Å². The van der Waals surface area contributed by atoms with E-state index in [0.29, 0.717) is 24.0 Å². The lowest BCUT2D eigenvalue weighted by atomic mass is 10.1. The highest BCUT2D eigenvalue weighted by atomic mass is 19.4. The largest absolute Gasteiger partial charge is 0.393 e. The van der Waals surface area contributed by atoms with Gasteiger partial charge < -0.3 is 9.80 Å². The van der Waals surface area contributed by atoms with Gasteiger partial charge in [-0.05, 0) is 44.0 Å². The third-order valence-electron chi connectivity index (χ3n) is 5.75. The fraction of sp³-hybridized carbons (Fsp3) is 0.476. The summed E-state index contributed by atoms with van der Waals surface area (Å²) in [5, 5.41) is 2.78. The van der Waals surface area contributed by atoms with Crippen LogP contribution in [0.15, 0.2) is 36.5 Å². The smallest absolute Gasteiger partial charge is 0.369 e. The Morgan fingerprint density at radius 3 is 2.71 bits per heavy atom. The molecule has 4 rings (SSSR count). The predicted molar refractivity (Wildman–Crippen MR) is 114 cm³/mol. The van der Waals surface area contributed by atoms with Crippen molar-refractivity contribution in [1.82, 2.24) is 9.97 Å². The van der Waals surface area contributed by atoms with E-state index in [-0.39, 0.29) is 25.5 Å². The zero-order valence-electron chi connectivity index (χ0n) is 17.3. The van der Waals surface area contributed by atoms with Crippen molar-refractivity contribution < 1.29 is 18.0 Å². The summed E-state index contributed by atoms with van der Waals surface area (Å²) in [6, 6.07) is 8.47. The number of hydrogen-bond acceptors (Lipinski definition) is 5. The predicted octanol–water partition coefficient (Wildman–Crippen LogP) is 4.13. The van der Waals surface area contributed by atoms with Crippen LogP contribution in [0.25, 0.3) is 0 Å². The van der Waals surface area contributed by atoms with Crippen LogP contribution in [0.3, 0.4) is 0 Å². The third kappa shape index (κ3) is 4.52. The molecule has 0 saturated carbocycles. The first kappa shape index (κ1) is 21.2. The molecule has 0 radical (unpaired) electrons. The number of carbonyl (C=O) groups is 1. The molecule has 166 valence electrons. The van der Waals surface area contributed by atoms with Crippen LogP contribution in [0.1, 0.15) is 19.8 Å². The third-order valence-corrected chi connectivity index (χ3v) is 5.75. The number of pyridine rings is 2. The van der Waals surface area contributed by atoms with Crippen molar-refractivity contribution in [3.8, 4) is 0 Å². The summed E-state index contributed by atoms with van der Waals surface area (Å²) in [7, 11) is 0. The highest BCUT2D eigenvalue weighted by Crippen LogP contribution is 2.38. The first-order valence-corrected chi connectivity index (χ1v) is 10.4. The van der Waals surface area contributed by atoms with Gasteiger partial charge >= 0.3 is 12.2 Å². The van der Waals surface area contributed by atoms with Gasteiger partial charge in [0.05, 0.1) is 11.6 Å². The van der Waals surface area contributed by atoms with E-state index in [1.165, 1.54) is 0 Å². The molecule has 4 heterocycles. The number of aromatic nitrogens is 2. The lowest BCUT2D eigenvalue weighted by Gasteiger charge is -2.27. The Morgan fingerprint density at radius 1 is 1.19 bits per heavy atom. The molecule has 1 N–H and O–H groups in total. The normalized spacial score (nSPS) is 19.2. The maximum atomic E-state index is 13.1. The molecule has 7 nitrogen and oxygen atoms in total. The zero-order chi connectivity index (χ0) is 22.0. The molecule has 0 unspecified atom stereocenters. The number of hydrogen-bond donors (Lipinski definition) is 1. The van der Waals surface area contributed by atoms with Crippen molar-refractivity contribution in [1.29, 1.82) is 0 Å². The van der Waals surface area contributed by atoms with Crippen molar-refractivity contribution in [2.45, 2.75) is 25.9 Å². The van der Waals surface area contributed by atoms with Gasteiger partial charge in [0.15, 0.2) is 5.82 Å². The number of amides is 2. The van der Waals surface area contributed by atoms with E-state index in [2.05, 4.69) is 20.2 Å². The molecule has 1 saturated heterocycles. The van der Waals surface area contributed by atoms with E-state index in [0.717, 1.165) is 25.2 Å². The molecule has 2 amide bonds. The van der Waals surface area contributed by atoms with Crippen LogP contribution in [0.5, 0.6) is 0 Å². The van der Waals surface area contributed by atoms with E-state index in [1.54, 1.807) is 40.3 Å². The van der Waals surface area contributed by atoms with Crippen LogP contribution in [0.2, 0.25) is 0 Å². The molecule has 2 aromatic rings. The number of halogens is 3. The van der Waals surface area contributed by atoms with E-state index >= 15 is 0 Å². The molecule has 0 aromatic carbocycles. The number of urea groups is 1. The van der Waals surface area contributed by atoms with Crippen LogP contribution >= 0.6 is 0 Å². The molecule has 10 heteroatoms. The van der Waals surface area contributed by atoms with E-state index in [4.69, 9.17) is 0 Å². The molecule has 2 aromatic heterocycles. The number of alkyl halides is 3. The molecular formula is C21H25F3N6O. The van der Waals surface area contributed by atoms with Gasteiger partial charge in [0.2, 0.25) is 0 Å². The maximum absolute atomic E-state index is 13.1. The molecule has 2 aliphatic heterocycles. The summed E-state index contributed by atoms with van der Waals surface area (Å²) in [4.78, 5) is 27.2. The minimum absolute atomic E-state index is 0.0488. The number of fused-ring (bicyclic) bond motifs is 1. The summed E-state index contributed by atoms with van der Waals surface area (Å²) < 4.78 is 39.4. The first-order valence-electron chi connectivity index (χ1n) is 10.4. The van der Waals surface area contributed by atoms with Gasteiger partial charge in [0.1, 0.15) is 11.6 Å². The van der Waals surface area contributed by atoms with Crippen molar-refractivity contribution in [2.24, 2.45) is 5.92 Å². The van der Waals surface area contributed by atoms with Crippen LogP contribution in [0.4, 0.5) is 41.1 Å². The topological polar surface area (TPSA) is 64.6 Å². The SMILES string of the molecule is CCN1CCCN(C(=O)Nc2ccccn2)c2nc(N3CC[C@H](C(F)(F)F)C3)ccc21. The van der Waals surface area contributed by atoms with Gasteiger partial charge in [-0.15, -0.1) is 0 Å². The second-order valence-electron chi connectivity index (χ2n) is 7.72. The number of carbonyl (C=O) groups excluding carboxylic acids is 1. The summed E-state index contributed by atoms with van der Waals surface area (Å²) >= 11 is 0. The molecule has 31 heavy (non-hydrogen) atoms. The first-order chi connectivity index (χ1) is 14.9. The number of nitrogens with one attached hydrogen (secondary N) is 1. The second-order valence-corrected chi connectivity index (χ2v) is 7.72. The molecule has 0 aliphatic carbocycles. The Balaban J connectivity index is 1.64. The summed E-state index contributed by atoms with van der Waals surface area (Å²) in [6.07, 6.45) is -1.83. The zero-order valence-corrected chi connectivity index (χ0v) is 17.3. The van der Waals surface area contributed by atoms with Crippen LogP contribution in [-0.4, -0.2) is 54.9 Å². The Morgan fingerprint density at radius 2 is 2.03 bits per heavy atom. The average Bonchev–Trinajstić information content (AvgIpc) is 3.18. The minimum atomic E-state index is -4.21. The van der Waals surface area contributed by atoms with Gasteiger partial charge in [-0.1, -0.05) is 6.07 Å². The number of rotatable bonds is 3. The fourth-order valence-corrected chi connectivity index (χ4v) is 4.07. The van der Waals surface area contributed by atoms with Gasteiger partial charge in [-0.2, -0.15) is 13.2 Å². The van der Waals surface area contributed by atoms with Crippen LogP contribution in [0, 0.1) is 5.92 Å². The van der Waals surface area contributed by atoms with E-state index in [9.17, 15) is 18.0 Å². The number of nitrogens with zero attached hydrogens (tertiary/aromatic N) is 5. The van der Waals surface area contributed by atoms with Gasteiger partial charge in [0, 0.05) is 38.9 Å². The second kappa shape index (κ2) is 8.60. The van der Waals surface area contributed by atoms with Gasteiger partial charge in [-0.3, -0.25) is 10.2 Å². The van der Waals surface area contributed by atoms with E-state index < -0.39 is 12.1 Å². The number of anilines is 4. The van der Waals surface area contributed by atoms with Crippen LogP contribution in [-0.2, 0) is 0 Å². The van der Waals surface area contributed by atoms with Gasteiger partial charge in [0.25, 0.3) is 0 Å². The summed E-state index contributed by atoms with van der Waals surface area (Å²) in [6.45, 7) is 4.14. The standard InChI is InChI=1S/C21H25F3N6O/c1-2-28-11-5-12-30(20(31)26-17-6-3-4-10-25-17)19-16(28)7-8-18(27-19)29-13-9-15(14-29)21(22,23)24/h3-4,6-8,10,15H,2,5,9,11-14H2,1H3,(H,25,26,31)/t15-/m0/s1. The maximum Gasteiger partial charge on any atom is 0.393 e. The lowest BCUT2D eigenvalue weighted by molar-refractivity contribution is -0.168. The molecular weight excluding hydrogens is 409 g/mol. The Labute approximate surface area is 178 Å². The quantitative estimate of drug-likeness (QED) is 0.787. The molecule has 1 atom stereocenters. The van der Waals surface area contributed by atoms with E-state index in [1.807, 2.05) is 13.0 Å². The summed E-state index contributed by atoms with van der Waals surface area (Å²) in [5.74, 6) is -0.0157. The van der Waals surface area contributed by atoms with Crippen molar-refractivity contribution >= 4 is 29.2 Å². The monoisotopic (exact) mass is 434 g/mol. The summed E-state index contributed by atoms with van der Waals surface area (Å²) in [5.41, 5.74) is 0.798. The Kier molecular flexibility index (Phi) is 5.88.